The molecule has 0 saturated heterocycles. The van der Waals surface area contributed by atoms with Crippen LogP contribution in [-0.2, 0) is 0 Å². The number of nitrogens with one attached hydrogen (secondary N) is 2. The summed E-state index contributed by atoms with van der Waals surface area (Å²) in [4.78, 5) is 0. The average Bonchev–Trinajstić information content (AvgIpc) is 1.64. The highest BCUT2D eigenvalue weighted by Gasteiger charge is 2.15. The van der Waals surface area contributed by atoms with Crippen molar-refractivity contribution in [2.24, 2.45) is 5.73 Å². The Morgan fingerprint density at radius 3 is 2.00 bits per heavy atom. The van der Waals surface area contributed by atoms with Crippen molar-refractivity contribution in [3.05, 3.63) is 5.84 Å². The Hall–Kier alpha value is -0.120. The Morgan fingerprint density at radius 2 is 1.89 bits per heavy atom. The summed E-state index contributed by atoms with van der Waals surface area (Å²) in [6, 6.07) is 0. The van der Waals surface area contributed by atoms with Gasteiger partial charge in [-0.3, -0.25) is 0 Å². The Kier molecular flexibility index (Phi) is 3.11. The molecule has 0 aliphatic carbocycles. The first-order valence-corrected chi connectivity index (χ1v) is 3.26. The predicted octanol–water partition coefficient (Wildman–Crippen LogP) is -0.404. The van der Waals surface area contributed by atoms with Crippen LogP contribution in [0, 0.1) is 0 Å². The van der Waals surface area contributed by atoms with Gasteiger partial charge in [-0.2, -0.15) is 0 Å². The molecule has 3 heteroatoms. The summed E-state index contributed by atoms with van der Waals surface area (Å²) in [7, 11) is 0. The molecule has 0 aromatic rings. The summed E-state index contributed by atoms with van der Waals surface area (Å²) in [5.41, 5.74) is 5.30. The van der Waals surface area contributed by atoms with E-state index >= 15 is 0 Å². The Labute approximate surface area is 57.0 Å². The molecule has 0 aliphatic heterocycles. The predicted molar refractivity (Wildman–Crippen MR) is 39.0 cm³/mol. The van der Waals surface area contributed by atoms with E-state index in [1.807, 2.05) is 20.8 Å². The second-order valence-corrected chi connectivity index (χ2v) is 3.27. The molecule has 56 valence electrons. The van der Waals surface area contributed by atoms with Crippen molar-refractivity contribution < 1.29 is 5.01 Å². The van der Waals surface area contributed by atoms with Crippen LogP contribution >= 0.6 is 0 Å². The van der Waals surface area contributed by atoms with Crippen LogP contribution in [0.25, 0.3) is 5.84 Å². The fraction of sp³-hybridized carbons (Fsp3) is 1.00. The molecule has 0 saturated carbocycles. The van der Waals surface area contributed by atoms with E-state index in [2.05, 4.69) is 0 Å². The van der Waals surface area contributed by atoms with E-state index in [-0.39, 0.29) is 5.54 Å². The third-order valence-electron chi connectivity index (χ3n) is 1.30. The van der Waals surface area contributed by atoms with Gasteiger partial charge in [0.1, 0.15) is 0 Å². The van der Waals surface area contributed by atoms with Gasteiger partial charge in [-0.05, 0) is 20.8 Å². The number of nitrogens with two attached hydrogens (primary N) is 1. The monoisotopic (exact) mass is 131 g/mol. The molecule has 0 spiro atoms. The molecule has 0 heterocycles. The lowest BCUT2D eigenvalue weighted by Gasteiger charge is -2.34. The largest absolute Gasteiger partial charge is 0.469 e. The molecule has 0 amide bonds. The van der Waals surface area contributed by atoms with E-state index in [4.69, 9.17) is 11.6 Å². The Morgan fingerprint density at radius 1 is 1.44 bits per heavy atom. The Bertz CT molecular complexity index is 74.9. The summed E-state index contributed by atoms with van der Waals surface area (Å²) < 4.78 is 0. The van der Waals surface area contributed by atoms with Crippen molar-refractivity contribution in [1.82, 2.24) is 0 Å². The van der Waals surface area contributed by atoms with Gasteiger partial charge >= 0.3 is 0 Å². The summed E-state index contributed by atoms with van der Waals surface area (Å²) in [5.74, 6) is 7.46. The molecule has 3 nitrogen and oxygen atoms in total. The first-order chi connectivity index (χ1) is 3.98. The fourth-order valence-corrected chi connectivity index (χ4v) is 0.519. The zero-order valence-corrected chi connectivity index (χ0v) is 6.49. The normalized spacial score (nSPS) is 15.7. The van der Waals surface area contributed by atoms with Crippen LogP contribution < -0.4 is 10.7 Å². The van der Waals surface area contributed by atoms with Crippen LogP contribution in [-0.4, -0.2) is 18.6 Å². The van der Waals surface area contributed by atoms with Gasteiger partial charge in [0.2, 0.25) is 0 Å². The molecule has 0 bridgehead atoms. The standard InChI is InChI=1S/C6H17N3/c1-6(2,3)9(8)5-4-7/h8-9H,4-5,7H2,1-3H3. The van der Waals surface area contributed by atoms with Crippen LogP contribution in [0.15, 0.2) is 0 Å². The van der Waals surface area contributed by atoms with Gasteiger partial charge in [0, 0.05) is 6.54 Å². The van der Waals surface area contributed by atoms with Gasteiger partial charge in [-0.15, -0.1) is 0 Å². The number of rotatable bonds is 2. The summed E-state index contributed by atoms with van der Waals surface area (Å²) in [6.07, 6.45) is 0. The van der Waals surface area contributed by atoms with Crippen molar-refractivity contribution >= 4 is 0 Å². The maximum Gasteiger partial charge on any atom is 0.0810 e. The topological polar surface area (TPSA) is 54.3 Å². The first-order valence-electron chi connectivity index (χ1n) is 3.26. The van der Waals surface area contributed by atoms with Gasteiger partial charge in [0.15, 0.2) is 0 Å². The average molecular weight is 131 g/mol. The molecule has 1 unspecified atom stereocenters. The smallest absolute Gasteiger partial charge is 0.0810 e. The maximum absolute atomic E-state index is 7.46. The molecule has 0 fully saturated rings. The molecule has 0 rings (SSSR count). The van der Waals surface area contributed by atoms with E-state index in [1.54, 1.807) is 0 Å². The molecule has 4 N–H and O–H groups in total. The minimum Gasteiger partial charge on any atom is -0.469 e. The summed E-state index contributed by atoms with van der Waals surface area (Å²) in [5, 5.41) is 0.741. The number of quaternary nitrogens is 1. The van der Waals surface area contributed by atoms with Gasteiger partial charge in [-0.25, -0.2) is 0 Å². The van der Waals surface area contributed by atoms with Crippen LogP contribution in [0.4, 0.5) is 0 Å². The van der Waals surface area contributed by atoms with Crippen LogP contribution in [0.3, 0.4) is 0 Å². The maximum atomic E-state index is 7.46. The fourth-order valence-electron chi connectivity index (χ4n) is 0.519. The quantitative estimate of drug-likeness (QED) is 0.492. The number of hydrogen-bond acceptors (Lipinski definition) is 1. The van der Waals surface area contributed by atoms with Gasteiger partial charge < -0.3 is 16.6 Å². The van der Waals surface area contributed by atoms with Crippen LogP contribution in [0.1, 0.15) is 20.8 Å². The second kappa shape index (κ2) is 3.15. The minimum atomic E-state index is 0.0133. The van der Waals surface area contributed by atoms with Gasteiger partial charge in [0.25, 0.3) is 0 Å². The lowest BCUT2D eigenvalue weighted by molar-refractivity contribution is -0.897. The van der Waals surface area contributed by atoms with Crippen molar-refractivity contribution in [3.8, 4) is 0 Å². The molecule has 0 aliphatic rings. The molecule has 0 aromatic carbocycles. The summed E-state index contributed by atoms with van der Waals surface area (Å²) in [6.45, 7) is 7.42. The molecular weight excluding hydrogens is 114 g/mol. The highest BCUT2D eigenvalue weighted by molar-refractivity contribution is 4.56. The van der Waals surface area contributed by atoms with Gasteiger partial charge in [-0.1, -0.05) is 0 Å². The Balaban J connectivity index is 3.59. The van der Waals surface area contributed by atoms with Crippen molar-refractivity contribution in [2.45, 2.75) is 26.3 Å². The van der Waals surface area contributed by atoms with Crippen LogP contribution in [0.5, 0.6) is 0 Å². The van der Waals surface area contributed by atoms with Crippen LogP contribution in [0.2, 0.25) is 0 Å². The molecule has 0 aromatic heterocycles. The lowest BCUT2D eigenvalue weighted by Crippen LogP contribution is -3.13. The molecular formula is C6H17N3. The van der Waals surface area contributed by atoms with Gasteiger partial charge in [0.05, 0.1) is 12.1 Å². The lowest BCUT2D eigenvalue weighted by atomic mass is 10.1. The van der Waals surface area contributed by atoms with E-state index in [1.165, 1.54) is 0 Å². The molecule has 9 heavy (non-hydrogen) atoms. The SMILES string of the molecule is CC(C)(C)[NH+]([NH-])CCN. The van der Waals surface area contributed by atoms with E-state index < -0.39 is 0 Å². The highest BCUT2D eigenvalue weighted by atomic mass is 15.4. The number of hydrogen-bond donors (Lipinski definition) is 2. The third kappa shape index (κ3) is 3.46. The minimum absolute atomic E-state index is 0.0133. The molecule has 1 atom stereocenters. The highest BCUT2D eigenvalue weighted by Crippen LogP contribution is 1.90. The van der Waals surface area contributed by atoms with E-state index in [0.29, 0.717) is 6.54 Å². The van der Waals surface area contributed by atoms with E-state index in [0.717, 1.165) is 11.6 Å². The zero-order chi connectivity index (χ0) is 7.49. The summed E-state index contributed by atoms with van der Waals surface area (Å²) >= 11 is 0. The second-order valence-electron chi connectivity index (χ2n) is 3.27. The van der Waals surface area contributed by atoms with E-state index in [9.17, 15) is 0 Å². The van der Waals surface area contributed by atoms with Crippen molar-refractivity contribution in [2.75, 3.05) is 13.1 Å². The zero-order valence-electron chi connectivity index (χ0n) is 6.49. The van der Waals surface area contributed by atoms with Crippen molar-refractivity contribution in [3.63, 3.8) is 0 Å². The molecule has 0 radical (unpaired) electrons. The third-order valence-corrected chi connectivity index (χ3v) is 1.30. The van der Waals surface area contributed by atoms with Crippen molar-refractivity contribution in [1.29, 1.82) is 0 Å². The first kappa shape index (κ1) is 8.88.